The summed E-state index contributed by atoms with van der Waals surface area (Å²) in [7, 11) is 0. The first kappa shape index (κ1) is 91.8. The van der Waals surface area contributed by atoms with Gasteiger partial charge in [-0.2, -0.15) is 18.8 Å². The molecular weight excluding hydrogens is 1140 g/mol. The van der Waals surface area contributed by atoms with Gasteiger partial charge in [0, 0.05) is 65.4 Å². The van der Waals surface area contributed by atoms with Crippen molar-refractivity contribution in [2.45, 2.75) is 272 Å². The second-order valence-corrected chi connectivity index (χ2v) is 21.3. The molecule has 11 rings (SSSR count). The van der Waals surface area contributed by atoms with Crippen molar-refractivity contribution in [2.24, 2.45) is 71.0 Å². The SMILES string of the molecule is CC.CC.CC.CC.CC.CC.CC.CC.CC1CC2C3CCC(C3)C2C1.CC1CC2C3CCC(C3)C2C1.Cc1ccccc1.[CH2-]C(O)COc1ccccc1.[CH2-]C1CC1.[CH2-]CCC(O)CCc1ccccc1.[CH2-]CCC1CC1.[Y].[Y]. The van der Waals surface area contributed by atoms with Gasteiger partial charge in [0.25, 0.3) is 0 Å². The van der Waals surface area contributed by atoms with Crippen molar-refractivity contribution in [1.29, 1.82) is 0 Å². The van der Waals surface area contributed by atoms with Crippen LogP contribution >= 0.6 is 0 Å². The molecule has 10 atom stereocenters. The normalized spacial score (nSPS) is 24.4. The van der Waals surface area contributed by atoms with Crippen LogP contribution in [0, 0.1) is 106 Å². The third kappa shape index (κ3) is 44.6. The Morgan fingerprint density at radius 3 is 1.06 bits per heavy atom. The zero-order chi connectivity index (χ0) is 61.0. The van der Waals surface area contributed by atoms with Crippen LogP contribution in [0.2, 0.25) is 0 Å². The largest absolute Gasteiger partial charge is 0.494 e. The molecule has 470 valence electrons. The first-order valence-corrected chi connectivity index (χ1v) is 33.9. The van der Waals surface area contributed by atoms with Gasteiger partial charge in [-0.15, -0.1) is 0 Å². The van der Waals surface area contributed by atoms with E-state index in [-0.39, 0.29) is 78.1 Å². The fraction of sp³-hybridized carbons (Fsp3) is 0.711. The molecule has 8 fully saturated rings. The molecule has 0 heterocycles. The molecule has 0 amide bonds. The number of aliphatic hydroxyl groups excluding tert-OH is 2. The fourth-order valence-electron chi connectivity index (χ4n) is 12.0. The quantitative estimate of drug-likeness (QED) is 0.199. The Bertz CT molecular complexity index is 1520. The third-order valence-electron chi connectivity index (χ3n) is 15.5. The molecule has 8 saturated carbocycles. The van der Waals surface area contributed by atoms with Crippen molar-refractivity contribution in [1.82, 2.24) is 0 Å². The maximum absolute atomic E-state index is 9.47. The Kier molecular flexibility index (Phi) is 72.6. The monoisotopic (exact) mass is 1280 g/mol. The van der Waals surface area contributed by atoms with Crippen molar-refractivity contribution in [3.63, 3.8) is 0 Å². The molecular formula is C76H138O3Y2-4. The minimum atomic E-state index is -0.657. The van der Waals surface area contributed by atoms with Crippen LogP contribution in [0.25, 0.3) is 0 Å². The van der Waals surface area contributed by atoms with E-state index in [2.05, 4.69) is 72.7 Å². The molecule has 3 aromatic rings. The summed E-state index contributed by atoms with van der Waals surface area (Å²) < 4.78 is 5.15. The topological polar surface area (TPSA) is 49.7 Å². The minimum absolute atomic E-state index is 0. The number of benzene rings is 3. The smallest absolute Gasteiger partial charge is 0.119 e. The van der Waals surface area contributed by atoms with Crippen molar-refractivity contribution in [2.75, 3.05) is 6.61 Å². The van der Waals surface area contributed by atoms with Crippen LogP contribution in [0.1, 0.15) is 258 Å². The van der Waals surface area contributed by atoms with Gasteiger partial charge >= 0.3 is 0 Å². The number of rotatable bonds is 10. The molecule has 8 aliphatic carbocycles. The van der Waals surface area contributed by atoms with Gasteiger partial charge in [0.05, 0.1) is 12.7 Å². The maximum atomic E-state index is 9.47. The van der Waals surface area contributed by atoms with E-state index in [9.17, 15) is 5.11 Å². The van der Waals surface area contributed by atoms with E-state index in [0.29, 0.717) is 0 Å². The van der Waals surface area contributed by atoms with E-state index in [0.717, 1.165) is 61.5 Å². The Balaban J connectivity index is -0.000000196. The summed E-state index contributed by atoms with van der Waals surface area (Å²) in [5.41, 5.74) is 2.62. The molecule has 0 aliphatic heterocycles. The average Bonchev–Trinajstić information content (AvgIpc) is 4.01. The molecule has 8 aliphatic rings. The fourth-order valence-corrected chi connectivity index (χ4v) is 12.0. The summed E-state index contributed by atoms with van der Waals surface area (Å²) in [6.45, 7) is 53.9. The van der Waals surface area contributed by atoms with Gasteiger partial charge in [0.15, 0.2) is 0 Å². The summed E-state index contributed by atoms with van der Waals surface area (Å²) >= 11 is 0. The molecule has 3 nitrogen and oxygen atoms in total. The van der Waals surface area contributed by atoms with Gasteiger partial charge in [0.2, 0.25) is 0 Å². The van der Waals surface area contributed by atoms with E-state index < -0.39 is 6.10 Å². The number of aryl methyl sites for hydroxylation is 2. The molecule has 0 spiro atoms. The van der Waals surface area contributed by atoms with E-state index in [1.54, 1.807) is 64.2 Å². The zero-order valence-corrected chi connectivity index (χ0v) is 63.1. The van der Waals surface area contributed by atoms with Crippen LogP contribution in [-0.2, 0) is 71.8 Å². The van der Waals surface area contributed by atoms with Crippen LogP contribution in [0.3, 0.4) is 0 Å². The molecule has 0 saturated heterocycles. The summed E-state index contributed by atoms with van der Waals surface area (Å²) in [4.78, 5) is 0. The third-order valence-corrected chi connectivity index (χ3v) is 15.5. The van der Waals surface area contributed by atoms with Crippen LogP contribution < -0.4 is 4.74 Å². The molecule has 5 heteroatoms. The molecule has 2 radical (unpaired) electrons. The number of para-hydroxylation sites is 1. The zero-order valence-electron chi connectivity index (χ0n) is 57.4. The van der Waals surface area contributed by atoms with Crippen LogP contribution in [-0.4, -0.2) is 29.0 Å². The Hall–Kier alpha value is -0.412. The number of hydrogen-bond acceptors (Lipinski definition) is 3. The number of aliphatic hydroxyl groups is 2. The number of hydrogen-bond donors (Lipinski definition) is 2. The summed E-state index contributed by atoms with van der Waals surface area (Å²) in [6.07, 6.45) is 26.7. The molecule has 81 heavy (non-hydrogen) atoms. The van der Waals surface area contributed by atoms with Gasteiger partial charge in [0.1, 0.15) is 5.75 Å². The predicted molar refractivity (Wildman–Crippen MR) is 358 cm³/mol. The first-order chi connectivity index (χ1) is 38.5. The number of fused-ring (bicyclic) bond motifs is 10. The molecule has 3 aromatic carbocycles. The van der Waals surface area contributed by atoms with Crippen molar-refractivity contribution < 1.29 is 80.4 Å². The summed E-state index contributed by atoms with van der Waals surface area (Å²) in [5.74, 6) is 14.2. The van der Waals surface area contributed by atoms with Crippen molar-refractivity contribution >= 4 is 0 Å². The van der Waals surface area contributed by atoms with E-state index in [1.165, 1.54) is 90.6 Å². The Labute approximate surface area is 560 Å². The van der Waals surface area contributed by atoms with E-state index >= 15 is 0 Å². The minimum Gasteiger partial charge on any atom is -0.494 e. The first-order valence-electron chi connectivity index (χ1n) is 33.9. The summed E-state index contributed by atoms with van der Waals surface area (Å²) in [6, 6.07) is 29.9. The van der Waals surface area contributed by atoms with Crippen molar-refractivity contribution in [3.05, 3.63) is 130 Å². The average molecular weight is 1280 g/mol. The van der Waals surface area contributed by atoms with Crippen LogP contribution in [0.15, 0.2) is 91.0 Å². The van der Waals surface area contributed by atoms with E-state index in [1.807, 2.05) is 178 Å². The molecule has 0 aromatic heterocycles. The van der Waals surface area contributed by atoms with Gasteiger partial charge in [-0.3, -0.25) is 0 Å². The Morgan fingerprint density at radius 2 is 0.802 bits per heavy atom. The van der Waals surface area contributed by atoms with Crippen molar-refractivity contribution in [3.8, 4) is 5.75 Å². The van der Waals surface area contributed by atoms with Gasteiger partial charge in [-0.05, 0) is 173 Å². The Morgan fingerprint density at radius 1 is 0.469 bits per heavy atom. The van der Waals surface area contributed by atoms with Crippen LogP contribution in [0.5, 0.6) is 5.75 Å². The van der Waals surface area contributed by atoms with E-state index in [4.69, 9.17) is 9.84 Å². The summed E-state index contributed by atoms with van der Waals surface area (Å²) in [5, 5.41) is 18.2. The molecule has 2 N–H and O–H groups in total. The van der Waals surface area contributed by atoms with Gasteiger partial charge in [-0.1, -0.05) is 248 Å². The van der Waals surface area contributed by atoms with Crippen LogP contribution in [0.4, 0.5) is 0 Å². The second-order valence-electron chi connectivity index (χ2n) is 21.3. The molecule has 10 unspecified atom stereocenters. The maximum Gasteiger partial charge on any atom is 0.119 e. The second kappa shape index (κ2) is 64.1. The van der Waals surface area contributed by atoms with Gasteiger partial charge < -0.3 is 42.6 Å². The van der Waals surface area contributed by atoms with Gasteiger partial charge in [-0.25, -0.2) is 0 Å². The number of ether oxygens (including phenoxy) is 1. The predicted octanol–water partition coefficient (Wildman–Crippen LogP) is 23.5. The standard InChI is InChI=1S/C12H17O.2C11H18.C9H11O2.C7H8.C6H11.C4H7.8C2H6.2Y/c1-2-6-12(13)10-9-11-7-4-3-5-8-11;2*1-7-4-10-8-2-3-9(6-8)11(10)5-7;1-8(10)7-11-9-5-3-2-4-6-9;1-7-5-3-2-4-6-7;1-2-3-6-4-5-6;1-4-2-3-4;8*1-2;;/h3-5,7-8,12-13H,1-2,6,9-10H2;2*7-11H,2-6H2,1H3;2-6,8,10H,1,7H2;2-6H,1H3;6H,1-5H2;4H,1-3H2;8*1-2H3;;/q-1;;;-1;;2*-1;;;;;;;;;;. The molecule has 4 bridgehead atoms.